The normalized spacial score (nSPS) is 17.9. The Hall–Kier alpha value is -2.11. The van der Waals surface area contributed by atoms with Gasteiger partial charge in [-0.3, -0.25) is 18.6 Å². The smallest absolute Gasteiger partial charge is 0.462 e. The third kappa shape index (κ3) is 32.9. The van der Waals surface area contributed by atoms with Crippen LogP contribution >= 0.6 is 7.82 Å². The summed E-state index contributed by atoms with van der Waals surface area (Å²) in [6, 6.07) is 0. The molecule has 1 fully saturated rings. The topological polar surface area (TPSA) is 161 Å². The van der Waals surface area contributed by atoms with Crippen LogP contribution in [-0.2, 0) is 37.4 Å². The number of hydrogen-bond acceptors (Lipinski definition) is 10. The lowest BCUT2D eigenvalue weighted by atomic mass is 10.1. The van der Waals surface area contributed by atoms with E-state index in [9.17, 15) is 24.2 Å². The molecular formula is C44H77O11P. The molecule has 12 heteroatoms. The Morgan fingerprint density at radius 3 is 1.86 bits per heavy atom. The van der Waals surface area contributed by atoms with E-state index in [2.05, 4.69) is 54.8 Å². The zero-order valence-corrected chi connectivity index (χ0v) is 35.7. The zero-order valence-electron chi connectivity index (χ0n) is 34.8. The molecule has 3 N–H and O–H groups in total. The highest BCUT2D eigenvalue weighted by atomic mass is 31.2. The van der Waals surface area contributed by atoms with Crippen molar-refractivity contribution >= 4 is 19.8 Å². The predicted molar refractivity (Wildman–Crippen MR) is 223 cm³/mol. The third-order valence-electron chi connectivity index (χ3n) is 9.38. The van der Waals surface area contributed by atoms with Gasteiger partial charge in [-0.15, -0.1) is 0 Å². The molecule has 0 aromatic rings. The van der Waals surface area contributed by atoms with E-state index in [1.54, 1.807) is 0 Å². The van der Waals surface area contributed by atoms with Crippen molar-refractivity contribution in [2.75, 3.05) is 26.4 Å². The quantitative estimate of drug-likeness (QED) is 0.0178. The van der Waals surface area contributed by atoms with Crippen LogP contribution in [0.25, 0.3) is 0 Å². The molecule has 0 bridgehead atoms. The number of epoxide rings is 1. The molecular weight excluding hydrogens is 735 g/mol. The second-order valence-electron chi connectivity index (χ2n) is 14.7. The summed E-state index contributed by atoms with van der Waals surface area (Å²) in [5.41, 5.74) is 0. The average Bonchev–Trinajstić information content (AvgIpc) is 3.94. The second-order valence-corrected chi connectivity index (χ2v) is 16.2. The summed E-state index contributed by atoms with van der Waals surface area (Å²) in [7, 11) is -4.64. The highest BCUT2D eigenvalue weighted by Crippen LogP contribution is 2.43. The lowest BCUT2D eigenvalue weighted by Crippen LogP contribution is -2.29. The maximum atomic E-state index is 12.6. The van der Waals surface area contributed by atoms with E-state index in [0.717, 1.165) is 44.9 Å². The minimum Gasteiger partial charge on any atom is -0.462 e. The van der Waals surface area contributed by atoms with Crippen molar-refractivity contribution in [1.82, 2.24) is 0 Å². The fourth-order valence-electron chi connectivity index (χ4n) is 5.90. The number of carbonyl (C=O) groups is 2. The van der Waals surface area contributed by atoms with Crippen LogP contribution in [-0.4, -0.2) is 77.9 Å². The molecule has 0 radical (unpaired) electrons. The van der Waals surface area contributed by atoms with Crippen LogP contribution in [0, 0.1) is 0 Å². The minimum atomic E-state index is -4.64. The number of esters is 2. The van der Waals surface area contributed by atoms with Crippen molar-refractivity contribution in [2.45, 2.75) is 192 Å². The average molecular weight is 813 g/mol. The van der Waals surface area contributed by atoms with Crippen molar-refractivity contribution in [3.05, 3.63) is 48.6 Å². The fourth-order valence-corrected chi connectivity index (χ4v) is 6.69. The van der Waals surface area contributed by atoms with Crippen molar-refractivity contribution < 1.29 is 52.5 Å². The lowest BCUT2D eigenvalue weighted by Gasteiger charge is -2.20. The predicted octanol–water partition coefficient (Wildman–Crippen LogP) is 10.3. The fraction of sp³-hybridized carbons (Fsp3) is 0.773. The van der Waals surface area contributed by atoms with Gasteiger partial charge < -0.3 is 29.3 Å². The summed E-state index contributed by atoms with van der Waals surface area (Å²) in [6.07, 6.45) is 39.7. The van der Waals surface area contributed by atoms with E-state index in [4.69, 9.17) is 23.8 Å². The monoisotopic (exact) mass is 813 g/mol. The summed E-state index contributed by atoms with van der Waals surface area (Å²) in [5.74, 6) is -1.00. The summed E-state index contributed by atoms with van der Waals surface area (Å²) < 4.78 is 38.4. The molecule has 0 saturated carbocycles. The number of unbranched alkanes of at least 4 members (excludes halogenated alkanes) is 14. The SMILES string of the molecule is CCCCCC/C=C\CCCCCCCCCC(=O)OC[C@H](COP(=O)(O)OC[C@@H](O)CO)OC(=O)CCC/C=C\C/C=C\C/C=C\CC1OC1CCCCC. The summed E-state index contributed by atoms with van der Waals surface area (Å²) >= 11 is 0. The molecule has 1 saturated heterocycles. The molecule has 1 aliphatic heterocycles. The number of ether oxygens (including phenoxy) is 3. The van der Waals surface area contributed by atoms with Gasteiger partial charge in [0.25, 0.3) is 0 Å². The number of phosphoric ester groups is 1. The summed E-state index contributed by atoms with van der Waals surface area (Å²) in [5, 5.41) is 18.3. The van der Waals surface area contributed by atoms with Gasteiger partial charge in [0.15, 0.2) is 6.10 Å². The van der Waals surface area contributed by atoms with Crippen LogP contribution in [0.15, 0.2) is 48.6 Å². The first-order valence-electron chi connectivity index (χ1n) is 21.7. The molecule has 0 aliphatic carbocycles. The van der Waals surface area contributed by atoms with Crippen molar-refractivity contribution in [3.8, 4) is 0 Å². The van der Waals surface area contributed by atoms with E-state index in [1.165, 1.54) is 77.0 Å². The highest BCUT2D eigenvalue weighted by Gasteiger charge is 2.36. The van der Waals surface area contributed by atoms with Crippen LogP contribution in [0.2, 0.25) is 0 Å². The second kappa shape index (κ2) is 36.0. The molecule has 0 amide bonds. The highest BCUT2D eigenvalue weighted by molar-refractivity contribution is 7.47. The van der Waals surface area contributed by atoms with Crippen LogP contribution < -0.4 is 0 Å². The van der Waals surface area contributed by atoms with Crippen LogP contribution in [0.5, 0.6) is 0 Å². The minimum absolute atomic E-state index is 0.103. The molecule has 1 heterocycles. The largest absolute Gasteiger partial charge is 0.472 e. The third-order valence-corrected chi connectivity index (χ3v) is 10.3. The molecule has 1 aliphatic rings. The Morgan fingerprint density at radius 2 is 1.18 bits per heavy atom. The molecule has 5 atom stereocenters. The number of allylic oxidation sites excluding steroid dienone is 7. The van der Waals surface area contributed by atoms with Gasteiger partial charge in [-0.25, -0.2) is 4.57 Å². The number of carbonyl (C=O) groups excluding carboxylic acids is 2. The molecule has 0 aromatic heterocycles. The molecule has 3 unspecified atom stereocenters. The van der Waals surface area contributed by atoms with E-state index in [0.29, 0.717) is 31.5 Å². The van der Waals surface area contributed by atoms with Gasteiger partial charge in [0.1, 0.15) is 12.7 Å². The van der Waals surface area contributed by atoms with Gasteiger partial charge in [0.05, 0.1) is 32.0 Å². The van der Waals surface area contributed by atoms with Crippen molar-refractivity contribution in [2.24, 2.45) is 0 Å². The number of hydrogen-bond donors (Lipinski definition) is 3. The first-order valence-corrected chi connectivity index (χ1v) is 23.2. The molecule has 0 spiro atoms. The van der Waals surface area contributed by atoms with Gasteiger partial charge in [-0.2, -0.15) is 0 Å². The van der Waals surface area contributed by atoms with E-state index in [-0.39, 0.29) is 19.4 Å². The van der Waals surface area contributed by atoms with Crippen molar-refractivity contribution in [1.29, 1.82) is 0 Å². The van der Waals surface area contributed by atoms with E-state index in [1.807, 2.05) is 12.2 Å². The molecule has 0 aromatic carbocycles. The first kappa shape index (κ1) is 51.9. The van der Waals surface area contributed by atoms with E-state index < -0.39 is 51.8 Å². The number of phosphoric acid groups is 1. The molecule has 324 valence electrons. The summed E-state index contributed by atoms with van der Waals surface area (Å²) in [6.45, 7) is 2.26. The Balaban J connectivity index is 2.29. The molecule has 1 rings (SSSR count). The summed E-state index contributed by atoms with van der Waals surface area (Å²) in [4.78, 5) is 35.0. The van der Waals surface area contributed by atoms with Crippen LogP contribution in [0.3, 0.4) is 0 Å². The Kier molecular flexibility index (Phi) is 33.4. The van der Waals surface area contributed by atoms with Crippen LogP contribution in [0.4, 0.5) is 0 Å². The van der Waals surface area contributed by atoms with E-state index >= 15 is 0 Å². The molecule has 56 heavy (non-hydrogen) atoms. The van der Waals surface area contributed by atoms with Crippen molar-refractivity contribution in [3.63, 3.8) is 0 Å². The number of aliphatic hydroxyl groups is 2. The standard InChI is InChI=1S/C44H77O11P/c1-3-5-7-8-9-10-11-12-13-14-15-19-22-25-29-33-43(47)51-37-40(38-53-56(49,50)52-36-39(46)35-45)54-44(48)34-30-26-23-20-17-16-18-21-24-28-32-42-41(55-42)31-27-6-4-2/h10-11,16,18,20,23-24,28,39-42,45-46H,3-9,12-15,17,19,21-22,25-27,29-38H2,1-2H3,(H,49,50)/b11-10-,18-16-,23-20-,28-24-/t39-,40+,41?,42?/m0/s1. The maximum Gasteiger partial charge on any atom is 0.472 e. The number of rotatable bonds is 39. The van der Waals surface area contributed by atoms with Gasteiger partial charge in [0.2, 0.25) is 0 Å². The van der Waals surface area contributed by atoms with Crippen LogP contribution in [0.1, 0.15) is 168 Å². The lowest BCUT2D eigenvalue weighted by molar-refractivity contribution is -0.161. The van der Waals surface area contributed by atoms with Gasteiger partial charge >= 0.3 is 19.8 Å². The van der Waals surface area contributed by atoms with Gasteiger partial charge in [-0.1, -0.05) is 133 Å². The number of aliphatic hydroxyl groups excluding tert-OH is 2. The van der Waals surface area contributed by atoms with Gasteiger partial charge in [-0.05, 0) is 70.6 Å². The zero-order chi connectivity index (χ0) is 41.0. The Morgan fingerprint density at radius 1 is 0.643 bits per heavy atom. The van der Waals surface area contributed by atoms with Gasteiger partial charge in [0, 0.05) is 12.8 Å². The first-order chi connectivity index (χ1) is 27.2. The Labute approximate surface area is 338 Å². The molecule has 11 nitrogen and oxygen atoms in total. The maximum absolute atomic E-state index is 12.6. The Bertz CT molecular complexity index is 1140.